The molecule has 1 saturated carbocycles. The van der Waals surface area contributed by atoms with E-state index in [9.17, 15) is 27.2 Å². The summed E-state index contributed by atoms with van der Waals surface area (Å²) in [6.07, 6.45) is -2.29. The summed E-state index contributed by atoms with van der Waals surface area (Å²) in [5.41, 5.74) is -0.627. The van der Waals surface area contributed by atoms with Gasteiger partial charge in [0.2, 0.25) is 0 Å². The molecular formula is C23H25ClF4N4O3. The minimum atomic E-state index is -4.67. The van der Waals surface area contributed by atoms with E-state index in [0.717, 1.165) is 10.7 Å². The molecule has 1 aromatic carbocycles. The van der Waals surface area contributed by atoms with Crippen molar-refractivity contribution in [3.8, 4) is 0 Å². The average molecular weight is 517 g/mol. The van der Waals surface area contributed by atoms with Crippen molar-refractivity contribution >= 4 is 23.6 Å². The molecule has 1 fully saturated rings. The van der Waals surface area contributed by atoms with Gasteiger partial charge >= 0.3 is 18.2 Å². The molecule has 0 bridgehead atoms. The Hall–Kier alpha value is -2.82. The van der Waals surface area contributed by atoms with Crippen molar-refractivity contribution in [3.05, 3.63) is 51.6 Å². The number of hydrogen-bond acceptors (Lipinski definition) is 4. The van der Waals surface area contributed by atoms with E-state index in [-0.39, 0.29) is 65.8 Å². The largest absolute Gasteiger partial charge is 0.469 e. The zero-order valence-corrected chi connectivity index (χ0v) is 19.8. The summed E-state index contributed by atoms with van der Waals surface area (Å²) < 4.78 is 61.2. The molecule has 4 rings (SSSR count). The van der Waals surface area contributed by atoms with E-state index >= 15 is 0 Å². The van der Waals surface area contributed by atoms with Crippen LogP contribution in [0.1, 0.15) is 48.2 Å². The van der Waals surface area contributed by atoms with Gasteiger partial charge in [0, 0.05) is 28.7 Å². The minimum Gasteiger partial charge on any atom is -0.469 e. The van der Waals surface area contributed by atoms with Crippen LogP contribution in [0, 0.1) is 11.7 Å². The minimum absolute atomic E-state index is 0.0181. The van der Waals surface area contributed by atoms with Gasteiger partial charge < -0.3 is 15.0 Å². The van der Waals surface area contributed by atoms with Gasteiger partial charge in [-0.1, -0.05) is 17.7 Å². The second-order valence-electron chi connectivity index (χ2n) is 8.86. The van der Waals surface area contributed by atoms with Crippen LogP contribution in [0.4, 0.5) is 22.4 Å². The number of amides is 2. The highest BCUT2D eigenvalue weighted by atomic mass is 35.5. The van der Waals surface area contributed by atoms with Gasteiger partial charge in [-0.15, -0.1) is 0 Å². The maximum atomic E-state index is 14.3. The molecule has 1 aliphatic carbocycles. The van der Waals surface area contributed by atoms with Crippen LogP contribution >= 0.6 is 11.6 Å². The highest BCUT2D eigenvalue weighted by Crippen LogP contribution is 2.35. The van der Waals surface area contributed by atoms with Crippen molar-refractivity contribution in [2.24, 2.45) is 5.92 Å². The number of halogens is 5. The maximum Gasteiger partial charge on any atom is 0.435 e. The van der Waals surface area contributed by atoms with Crippen LogP contribution in [0.25, 0.3) is 0 Å². The van der Waals surface area contributed by atoms with Crippen molar-refractivity contribution < 1.29 is 31.9 Å². The van der Waals surface area contributed by atoms with Gasteiger partial charge in [0.25, 0.3) is 0 Å². The molecule has 35 heavy (non-hydrogen) atoms. The Kier molecular flexibility index (Phi) is 7.25. The van der Waals surface area contributed by atoms with Crippen LogP contribution in [0.2, 0.25) is 5.02 Å². The maximum absolute atomic E-state index is 14.3. The first-order chi connectivity index (χ1) is 16.6. The lowest BCUT2D eigenvalue weighted by atomic mass is 9.86. The number of ether oxygens (including phenoxy) is 1. The third-order valence-corrected chi connectivity index (χ3v) is 6.85. The molecule has 12 heteroatoms. The normalized spacial score (nSPS) is 20.3. The van der Waals surface area contributed by atoms with E-state index < -0.39 is 23.7 Å². The van der Waals surface area contributed by atoms with Gasteiger partial charge in [0.15, 0.2) is 5.69 Å². The molecule has 0 unspecified atom stereocenters. The van der Waals surface area contributed by atoms with Crippen molar-refractivity contribution in [1.82, 2.24) is 20.0 Å². The van der Waals surface area contributed by atoms with Crippen LogP contribution in [-0.2, 0) is 35.2 Å². The molecule has 0 saturated heterocycles. The molecule has 0 spiro atoms. The third kappa shape index (κ3) is 5.55. The van der Waals surface area contributed by atoms with E-state index in [1.807, 2.05) is 0 Å². The van der Waals surface area contributed by atoms with Crippen molar-refractivity contribution in [2.75, 3.05) is 13.7 Å². The molecule has 1 aliphatic heterocycles. The molecule has 2 heterocycles. The SMILES string of the molecule is COC(=O)C1CCC(NC(=O)N2CCc3c(C(F)(F)F)nn(Cc4ccc(Cl)cc4F)c3C2)CC1. The van der Waals surface area contributed by atoms with Crippen molar-refractivity contribution in [2.45, 2.75) is 57.4 Å². The first-order valence-electron chi connectivity index (χ1n) is 11.3. The van der Waals surface area contributed by atoms with Gasteiger partial charge in [-0.25, -0.2) is 9.18 Å². The number of rotatable bonds is 4. The summed E-state index contributed by atoms with van der Waals surface area (Å²) in [7, 11) is 1.34. The second-order valence-corrected chi connectivity index (χ2v) is 9.29. The summed E-state index contributed by atoms with van der Waals surface area (Å²) >= 11 is 5.78. The zero-order valence-electron chi connectivity index (χ0n) is 19.0. The molecule has 0 atom stereocenters. The lowest BCUT2D eigenvalue weighted by Gasteiger charge is -2.32. The summed E-state index contributed by atoms with van der Waals surface area (Å²) in [6.45, 7) is -0.216. The third-order valence-electron chi connectivity index (χ3n) is 6.62. The predicted octanol–water partition coefficient (Wildman–Crippen LogP) is 4.54. The summed E-state index contributed by atoms with van der Waals surface area (Å²) in [5.74, 6) is -1.10. The number of alkyl halides is 3. The first kappa shape index (κ1) is 25.3. The summed E-state index contributed by atoms with van der Waals surface area (Å²) in [6, 6.07) is 3.41. The molecule has 1 aromatic heterocycles. The lowest BCUT2D eigenvalue weighted by Crippen LogP contribution is -2.48. The van der Waals surface area contributed by atoms with Gasteiger partial charge in [-0.2, -0.15) is 18.3 Å². The van der Waals surface area contributed by atoms with Crippen LogP contribution in [0.15, 0.2) is 18.2 Å². The van der Waals surface area contributed by atoms with Crippen LogP contribution in [0.5, 0.6) is 0 Å². The molecule has 2 aliphatic rings. The first-order valence-corrected chi connectivity index (χ1v) is 11.7. The summed E-state index contributed by atoms with van der Waals surface area (Å²) in [5, 5.41) is 6.86. The van der Waals surface area contributed by atoms with E-state index in [2.05, 4.69) is 10.4 Å². The molecule has 190 valence electrons. The fourth-order valence-electron chi connectivity index (χ4n) is 4.73. The Morgan fingerprint density at radius 3 is 2.57 bits per heavy atom. The highest BCUT2D eigenvalue weighted by molar-refractivity contribution is 6.30. The molecular weight excluding hydrogens is 492 g/mol. The second kappa shape index (κ2) is 10.0. The Balaban J connectivity index is 1.49. The summed E-state index contributed by atoms with van der Waals surface area (Å²) in [4.78, 5) is 26.0. The van der Waals surface area contributed by atoms with Gasteiger partial charge in [0.05, 0.1) is 31.8 Å². The standard InChI is InChI=1S/C23H25ClF4N4O3/c1-35-21(33)13-3-6-16(7-4-13)29-22(34)31-9-8-17-19(12-31)32(30-20(17)23(26,27)28)11-14-2-5-15(24)10-18(14)25/h2,5,10,13,16H,3-4,6-9,11-12H2,1H3,(H,29,34). The fraction of sp³-hybridized carbons (Fsp3) is 0.522. The van der Waals surface area contributed by atoms with Crippen LogP contribution < -0.4 is 5.32 Å². The number of aromatic nitrogens is 2. The smallest absolute Gasteiger partial charge is 0.435 e. The number of hydrogen-bond donors (Lipinski definition) is 1. The number of esters is 1. The lowest BCUT2D eigenvalue weighted by molar-refractivity contribution is -0.146. The highest BCUT2D eigenvalue weighted by Gasteiger charge is 2.41. The topological polar surface area (TPSA) is 76.5 Å². The average Bonchev–Trinajstić information content (AvgIpc) is 3.19. The number of methoxy groups -OCH3 is 1. The Labute approximate surface area is 204 Å². The number of carbonyl (C=O) groups excluding carboxylic acids is 2. The monoisotopic (exact) mass is 516 g/mol. The Morgan fingerprint density at radius 1 is 1.23 bits per heavy atom. The van der Waals surface area contributed by atoms with E-state index in [4.69, 9.17) is 16.3 Å². The molecule has 2 amide bonds. The van der Waals surface area contributed by atoms with E-state index in [1.54, 1.807) is 0 Å². The fourth-order valence-corrected chi connectivity index (χ4v) is 4.89. The van der Waals surface area contributed by atoms with E-state index in [1.165, 1.54) is 24.1 Å². The van der Waals surface area contributed by atoms with Crippen molar-refractivity contribution in [3.63, 3.8) is 0 Å². The Bertz CT molecular complexity index is 1110. The number of benzene rings is 1. The van der Waals surface area contributed by atoms with Gasteiger partial charge in [-0.05, 0) is 44.2 Å². The molecule has 7 nitrogen and oxygen atoms in total. The van der Waals surface area contributed by atoms with Crippen LogP contribution in [-0.4, -0.2) is 46.4 Å². The van der Waals surface area contributed by atoms with E-state index in [0.29, 0.717) is 25.7 Å². The quantitative estimate of drug-likeness (QED) is 0.478. The zero-order chi connectivity index (χ0) is 25.3. The number of urea groups is 1. The van der Waals surface area contributed by atoms with Crippen LogP contribution in [0.3, 0.4) is 0 Å². The number of nitrogens with zero attached hydrogens (tertiary/aromatic N) is 3. The number of nitrogens with one attached hydrogen (secondary N) is 1. The molecule has 1 N–H and O–H groups in total. The predicted molar refractivity (Wildman–Crippen MR) is 118 cm³/mol. The number of carbonyl (C=O) groups is 2. The Morgan fingerprint density at radius 2 is 1.94 bits per heavy atom. The van der Waals surface area contributed by atoms with Gasteiger partial charge in [-0.3, -0.25) is 9.48 Å². The molecule has 2 aromatic rings. The molecule has 0 radical (unpaired) electrons. The van der Waals surface area contributed by atoms with Gasteiger partial charge in [0.1, 0.15) is 5.82 Å². The number of fused-ring (bicyclic) bond motifs is 1. The van der Waals surface area contributed by atoms with Crippen molar-refractivity contribution in [1.29, 1.82) is 0 Å².